The maximum absolute atomic E-state index is 13.1. The topological polar surface area (TPSA) is 63.1 Å². The van der Waals surface area contributed by atoms with Crippen LogP contribution >= 0.6 is 0 Å². The van der Waals surface area contributed by atoms with Gasteiger partial charge in [0.2, 0.25) is 0 Å². The number of carbonyl (C=O) groups is 1. The molecule has 0 atom stereocenters. The molecular formula is C9H5FN2O2. The predicted molar refractivity (Wildman–Crippen MR) is 46.5 cm³/mol. The van der Waals surface area contributed by atoms with E-state index in [1.54, 1.807) is 0 Å². The third-order valence-electron chi connectivity index (χ3n) is 1.84. The molecule has 4 nitrogen and oxygen atoms in total. The van der Waals surface area contributed by atoms with Crippen LogP contribution in [0.2, 0.25) is 0 Å². The van der Waals surface area contributed by atoms with Gasteiger partial charge < -0.3 is 5.11 Å². The first-order chi connectivity index (χ1) is 6.70. The second-order valence-electron chi connectivity index (χ2n) is 2.68. The van der Waals surface area contributed by atoms with Crippen LogP contribution in [0.15, 0.2) is 24.7 Å². The third-order valence-corrected chi connectivity index (χ3v) is 1.84. The summed E-state index contributed by atoms with van der Waals surface area (Å²) in [6, 6.07) is 1.31. The van der Waals surface area contributed by atoms with Crippen molar-refractivity contribution in [3.05, 3.63) is 36.0 Å². The van der Waals surface area contributed by atoms with Gasteiger partial charge in [0.05, 0.1) is 11.8 Å². The van der Waals surface area contributed by atoms with E-state index in [9.17, 15) is 9.18 Å². The zero-order chi connectivity index (χ0) is 10.1. The van der Waals surface area contributed by atoms with E-state index in [1.807, 2.05) is 0 Å². The SMILES string of the molecule is O=C(O)c1ccnc2c(F)cncc12. The molecule has 2 rings (SSSR count). The molecule has 14 heavy (non-hydrogen) atoms. The highest BCUT2D eigenvalue weighted by molar-refractivity contribution is 6.01. The summed E-state index contributed by atoms with van der Waals surface area (Å²) in [6.45, 7) is 0. The maximum Gasteiger partial charge on any atom is 0.336 e. The zero-order valence-electron chi connectivity index (χ0n) is 6.94. The van der Waals surface area contributed by atoms with Crippen molar-refractivity contribution in [1.29, 1.82) is 0 Å². The van der Waals surface area contributed by atoms with Crippen molar-refractivity contribution >= 4 is 16.9 Å². The van der Waals surface area contributed by atoms with E-state index in [0.717, 1.165) is 6.20 Å². The summed E-state index contributed by atoms with van der Waals surface area (Å²) in [5.74, 6) is -1.74. The average Bonchev–Trinajstić information content (AvgIpc) is 2.17. The Labute approximate surface area is 78.0 Å². The summed E-state index contributed by atoms with van der Waals surface area (Å²) in [4.78, 5) is 18.1. The van der Waals surface area contributed by atoms with Crippen molar-refractivity contribution in [2.24, 2.45) is 0 Å². The second kappa shape index (κ2) is 3.02. The van der Waals surface area contributed by atoms with Crippen LogP contribution in [0.25, 0.3) is 10.9 Å². The third kappa shape index (κ3) is 1.19. The van der Waals surface area contributed by atoms with Crippen molar-refractivity contribution in [3.8, 4) is 0 Å². The fourth-order valence-corrected chi connectivity index (χ4v) is 1.22. The van der Waals surface area contributed by atoms with E-state index >= 15 is 0 Å². The fraction of sp³-hybridized carbons (Fsp3) is 0. The van der Waals surface area contributed by atoms with Gasteiger partial charge in [-0.25, -0.2) is 9.18 Å². The summed E-state index contributed by atoms with van der Waals surface area (Å²) in [5.41, 5.74) is 0.0295. The second-order valence-corrected chi connectivity index (χ2v) is 2.68. The molecule has 0 aliphatic rings. The van der Waals surface area contributed by atoms with E-state index < -0.39 is 11.8 Å². The summed E-state index contributed by atoms with van der Waals surface area (Å²) < 4.78 is 13.1. The first-order valence-corrected chi connectivity index (χ1v) is 3.81. The number of halogens is 1. The number of hydrogen-bond donors (Lipinski definition) is 1. The van der Waals surface area contributed by atoms with E-state index in [4.69, 9.17) is 5.11 Å². The number of fused-ring (bicyclic) bond motifs is 1. The van der Waals surface area contributed by atoms with Crippen LogP contribution in [0, 0.1) is 5.82 Å². The molecule has 70 valence electrons. The standard InChI is InChI=1S/C9H5FN2O2/c10-7-4-11-3-6-5(9(13)14)1-2-12-8(6)7/h1-4H,(H,13,14). The van der Waals surface area contributed by atoms with Gasteiger partial charge in [-0.15, -0.1) is 0 Å². The van der Waals surface area contributed by atoms with E-state index in [1.165, 1.54) is 18.5 Å². The number of rotatable bonds is 1. The summed E-state index contributed by atoms with van der Waals surface area (Å²) in [6.07, 6.45) is 3.55. The molecule has 0 fully saturated rings. The molecular weight excluding hydrogens is 187 g/mol. The molecule has 0 amide bonds. The number of aromatic carboxylic acids is 1. The molecule has 0 unspecified atom stereocenters. The van der Waals surface area contributed by atoms with Crippen molar-refractivity contribution in [2.75, 3.05) is 0 Å². The highest BCUT2D eigenvalue weighted by Crippen LogP contribution is 2.17. The average molecular weight is 192 g/mol. The number of aromatic nitrogens is 2. The van der Waals surface area contributed by atoms with Crippen LogP contribution in [-0.4, -0.2) is 21.0 Å². The van der Waals surface area contributed by atoms with Crippen LogP contribution < -0.4 is 0 Å². The lowest BCUT2D eigenvalue weighted by Gasteiger charge is -2.00. The Hall–Kier alpha value is -2.04. The molecule has 5 heteroatoms. The van der Waals surface area contributed by atoms with Gasteiger partial charge in [0.1, 0.15) is 5.52 Å². The van der Waals surface area contributed by atoms with E-state index in [2.05, 4.69) is 9.97 Å². The van der Waals surface area contributed by atoms with Gasteiger partial charge in [-0.05, 0) is 6.07 Å². The minimum atomic E-state index is -1.12. The quantitative estimate of drug-likeness (QED) is 0.743. The molecule has 0 saturated heterocycles. The minimum absolute atomic E-state index is 0.00185. The van der Waals surface area contributed by atoms with Gasteiger partial charge in [0.15, 0.2) is 5.82 Å². The zero-order valence-corrected chi connectivity index (χ0v) is 6.94. The van der Waals surface area contributed by atoms with Crippen molar-refractivity contribution in [1.82, 2.24) is 9.97 Å². The van der Waals surface area contributed by atoms with Crippen LogP contribution in [0.3, 0.4) is 0 Å². The Morgan fingerprint density at radius 1 is 1.43 bits per heavy atom. The normalized spacial score (nSPS) is 10.4. The molecule has 2 heterocycles. The molecule has 0 saturated carbocycles. The van der Waals surface area contributed by atoms with Crippen LogP contribution in [0.1, 0.15) is 10.4 Å². The molecule has 0 spiro atoms. The molecule has 2 aromatic heterocycles. The lowest BCUT2D eigenvalue weighted by Crippen LogP contribution is -1.99. The minimum Gasteiger partial charge on any atom is -0.478 e. The number of carboxylic acid groups (broad SMARTS) is 1. The molecule has 0 bridgehead atoms. The van der Waals surface area contributed by atoms with Gasteiger partial charge in [-0.3, -0.25) is 9.97 Å². The van der Waals surface area contributed by atoms with Crippen LogP contribution in [0.5, 0.6) is 0 Å². The summed E-state index contributed by atoms with van der Waals surface area (Å²) in [5, 5.41) is 9.00. The van der Waals surface area contributed by atoms with Gasteiger partial charge in [-0.1, -0.05) is 0 Å². The Balaban J connectivity index is 2.88. The maximum atomic E-state index is 13.1. The highest BCUT2D eigenvalue weighted by Gasteiger charge is 2.11. The number of nitrogens with zero attached hydrogens (tertiary/aromatic N) is 2. The Bertz CT molecular complexity index is 513. The Morgan fingerprint density at radius 3 is 2.93 bits per heavy atom. The van der Waals surface area contributed by atoms with Crippen LogP contribution in [0.4, 0.5) is 4.39 Å². The highest BCUT2D eigenvalue weighted by atomic mass is 19.1. The van der Waals surface area contributed by atoms with Crippen molar-refractivity contribution in [3.63, 3.8) is 0 Å². The fourth-order valence-electron chi connectivity index (χ4n) is 1.22. The number of carboxylic acids is 1. The smallest absolute Gasteiger partial charge is 0.336 e. The van der Waals surface area contributed by atoms with E-state index in [0.29, 0.717) is 0 Å². The first kappa shape index (κ1) is 8.55. The van der Waals surface area contributed by atoms with Crippen molar-refractivity contribution < 1.29 is 14.3 Å². The largest absolute Gasteiger partial charge is 0.478 e. The predicted octanol–water partition coefficient (Wildman–Crippen LogP) is 1.47. The molecule has 1 N–H and O–H groups in total. The Kier molecular flexibility index (Phi) is 1.85. The Morgan fingerprint density at radius 2 is 2.21 bits per heavy atom. The van der Waals surface area contributed by atoms with Gasteiger partial charge in [0, 0.05) is 17.8 Å². The number of hydrogen-bond acceptors (Lipinski definition) is 3. The summed E-state index contributed by atoms with van der Waals surface area (Å²) >= 11 is 0. The van der Waals surface area contributed by atoms with Gasteiger partial charge in [0.25, 0.3) is 0 Å². The molecule has 0 aromatic carbocycles. The van der Waals surface area contributed by atoms with Crippen molar-refractivity contribution in [2.45, 2.75) is 0 Å². The lowest BCUT2D eigenvalue weighted by molar-refractivity contribution is 0.0699. The molecule has 0 aliphatic heterocycles. The lowest BCUT2D eigenvalue weighted by atomic mass is 10.1. The summed E-state index contributed by atoms with van der Waals surface area (Å²) in [7, 11) is 0. The molecule has 0 aliphatic carbocycles. The first-order valence-electron chi connectivity index (χ1n) is 3.81. The monoisotopic (exact) mass is 192 g/mol. The molecule has 2 aromatic rings. The van der Waals surface area contributed by atoms with Gasteiger partial charge in [-0.2, -0.15) is 0 Å². The number of pyridine rings is 2. The van der Waals surface area contributed by atoms with Crippen LogP contribution in [-0.2, 0) is 0 Å². The molecule has 0 radical (unpaired) electrons. The van der Waals surface area contributed by atoms with E-state index in [-0.39, 0.29) is 16.5 Å². The van der Waals surface area contributed by atoms with Gasteiger partial charge >= 0.3 is 5.97 Å².